The van der Waals surface area contributed by atoms with Crippen LogP contribution in [0.3, 0.4) is 0 Å². The quantitative estimate of drug-likeness (QED) is 0.198. The number of nitrogens with one attached hydrogen (secondary N) is 1. The van der Waals surface area contributed by atoms with Gasteiger partial charge in [0, 0.05) is 25.2 Å². The minimum absolute atomic E-state index is 0.0807. The summed E-state index contributed by atoms with van der Waals surface area (Å²) >= 11 is 4.66. The second-order valence-corrected chi connectivity index (χ2v) is 12.0. The SMILES string of the molecule is Cc1nsc(-c2cc3sc(-c4ccc5occ(CC(=O)O)c5c4)cc3s2)c1NC(=O)OC(C)c1ccccc1. The smallest absolute Gasteiger partial charge is 0.412 e. The van der Waals surface area contributed by atoms with Crippen LogP contribution < -0.4 is 5.32 Å². The molecule has 0 aliphatic rings. The molecule has 0 radical (unpaired) electrons. The molecule has 0 saturated heterocycles. The van der Waals surface area contributed by atoms with Crippen molar-refractivity contribution < 1.29 is 23.8 Å². The molecule has 0 saturated carbocycles. The van der Waals surface area contributed by atoms with E-state index in [-0.39, 0.29) is 12.5 Å². The van der Waals surface area contributed by atoms with E-state index in [9.17, 15) is 14.7 Å². The third kappa shape index (κ3) is 5.06. The molecule has 6 rings (SSSR count). The first kappa shape index (κ1) is 25.3. The highest BCUT2D eigenvalue weighted by molar-refractivity contribution is 7.32. The number of benzene rings is 2. The van der Waals surface area contributed by atoms with E-state index in [4.69, 9.17) is 9.15 Å². The zero-order chi connectivity index (χ0) is 27.1. The van der Waals surface area contributed by atoms with Gasteiger partial charge in [-0.3, -0.25) is 10.1 Å². The summed E-state index contributed by atoms with van der Waals surface area (Å²) in [6.45, 7) is 3.71. The summed E-state index contributed by atoms with van der Waals surface area (Å²) < 4.78 is 17.9. The molecule has 0 spiro atoms. The van der Waals surface area contributed by atoms with Crippen LogP contribution in [0.4, 0.5) is 10.5 Å². The van der Waals surface area contributed by atoms with Crippen LogP contribution in [-0.4, -0.2) is 21.5 Å². The maximum Gasteiger partial charge on any atom is 0.412 e. The molecule has 0 aliphatic heterocycles. The number of aliphatic carboxylic acids is 1. The maximum atomic E-state index is 12.7. The van der Waals surface area contributed by atoms with Gasteiger partial charge in [-0.1, -0.05) is 30.3 Å². The summed E-state index contributed by atoms with van der Waals surface area (Å²) in [5, 5.41) is 12.9. The fourth-order valence-corrected chi connectivity index (χ4v) is 7.73. The van der Waals surface area contributed by atoms with E-state index in [2.05, 4.69) is 21.8 Å². The third-order valence-corrected chi connectivity index (χ3v) is 9.81. The highest BCUT2D eigenvalue weighted by Gasteiger charge is 2.21. The first-order chi connectivity index (χ1) is 18.9. The van der Waals surface area contributed by atoms with Crippen molar-refractivity contribution in [3.63, 3.8) is 0 Å². The summed E-state index contributed by atoms with van der Waals surface area (Å²) in [5.74, 6) is -0.890. The maximum absolute atomic E-state index is 12.7. The molecule has 1 atom stereocenters. The molecule has 0 aliphatic carbocycles. The molecule has 10 heteroatoms. The Labute approximate surface area is 235 Å². The number of aryl methyl sites for hydroxylation is 1. The fraction of sp³-hybridized carbons (Fsp3) is 0.138. The number of carboxylic acids is 1. The van der Waals surface area contributed by atoms with E-state index in [0.717, 1.165) is 46.2 Å². The van der Waals surface area contributed by atoms with Gasteiger partial charge in [-0.25, -0.2) is 4.79 Å². The molecule has 4 heterocycles. The Bertz CT molecular complexity index is 1800. The lowest BCUT2D eigenvalue weighted by Crippen LogP contribution is -2.16. The van der Waals surface area contributed by atoms with Crippen molar-refractivity contribution in [2.24, 2.45) is 0 Å². The van der Waals surface area contributed by atoms with Crippen LogP contribution in [0.2, 0.25) is 0 Å². The van der Waals surface area contributed by atoms with E-state index in [1.807, 2.05) is 62.4 Å². The molecule has 0 bridgehead atoms. The number of carboxylic acid groups (broad SMARTS) is 1. The number of rotatable bonds is 7. The van der Waals surface area contributed by atoms with Crippen LogP contribution in [0, 0.1) is 6.92 Å². The van der Waals surface area contributed by atoms with Crippen LogP contribution in [0.15, 0.2) is 71.3 Å². The molecular weight excluding hydrogens is 553 g/mol. The average Bonchev–Trinajstić information content (AvgIpc) is 3.68. The van der Waals surface area contributed by atoms with Gasteiger partial charge in [-0.05, 0) is 66.8 Å². The summed E-state index contributed by atoms with van der Waals surface area (Å²) in [6, 6.07) is 19.7. The van der Waals surface area contributed by atoms with Crippen LogP contribution in [0.1, 0.15) is 29.8 Å². The molecule has 6 aromatic rings. The number of amides is 1. The topological polar surface area (TPSA) is 102 Å². The van der Waals surface area contributed by atoms with Crippen molar-refractivity contribution in [2.45, 2.75) is 26.4 Å². The number of ether oxygens (including phenoxy) is 1. The monoisotopic (exact) mass is 574 g/mol. The third-order valence-electron chi connectivity index (χ3n) is 6.35. The van der Waals surface area contributed by atoms with E-state index >= 15 is 0 Å². The summed E-state index contributed by atoms with van der Waals surface area (Å²) in [5.41, 5.74) is 4.67. The van der Waals surface area contributed by atoms with Crippen LogP contribution >= 0.6 is 34.2 Å². The highest BCUT2D eigenvalue weighted by atomic mass is 32.1. The van der Waals surface area contributed by atoms with Crippen molar-refractivity contribution in [2.75, 3.05) is 5.32 Å². The number of anilines is 1. The fourth-order valence-electron chi connectivity index (χ4n) is 4.39. The van der Waals surface area contributed by atoms with Gasteiger partial charge < -0.3 is 14.3 Å². The first-order valence-electron chi connectivity index (χ1n) is 12.1. The van der Waals surface area contributed by atoms with Gasteiger partial charge in [0.2, 0.25) is 0 Å². The van der Waals surface area contributed by atoms with Crippen molar-refractivity contribution >= 4 is 72.3 Å². The van der Waals surface area contributed by atoms with Crippen molar-refractivity contribution in [1.82, 2.24) is 4.37 Å². The lowest BCUT2D eigenvalue weighted by atomic mass is 10.1. The Hall–Kier alpha value is -3.99. The van der Waals surface area contributed by atoms with Gasteiger partial charge in [0.05, 0.1) is 33.8 Å². The zero-order valence-corrected chi connectivity index (χ0v) is 23.3. The molecule has 1 amide bonds. The number of hydrogen-bond donors (Lipinski definition) is 2. The normalized spacial score (nSPS) is 12.2. The number of fused-ring (bicyclic) bond motifs is 2. The Morgan fingerprint density at radius 3 is 2.56 bits per heavy atom. The van der Waals surface area contributed by atoms with Crippen molar-refractivity contribution in [3.05, 3.63) is 83.7 Å². The second kappa shape index (κ2) is 10.3. The molecular formula is C29H22N2O5S3. The molecule has 1 unspecified atom stereocenters. The minimum atomic E-state index is -0.890. The van der Waals surface area contributed by atoms with E-state index in [1.165, 1.54) is 17.8 Å². The largest absolute Gasteiger partial charge is 0.481 e. The van der Waals surface area contributed by atoms with Crippen LogP contribution in [0.25, 0.3) is 40.6 Å². The number of thiophene rings is 2. The number of carbonyl (C=O) groups excluding carboxylic acids is 1. The summed E-state index contributed by atoms with van der Waals surface area (Å²) in [7, 11) is 0. The Balaban J connectivity index is 1.24. The van der Waals surface area contributed by atoms with E-state index in [1.54, 1.807) is 22.7 Å². The van der Waals surface area contributed by atoms with E-state index < -0.39 is 12.1 Å². The Morgan fingerprint density at radius 2 is 1.79 bits per heavy atom. The molecule has 39 heavy (non-hydrogen) atoms. The van der Waals surface area contributed by atoms with Crippen molar-refractivity contribution in [1.29, 1.82) is 0 Å². The second-order valence-electron chi connectivity index (χ2n) is 9.05. The van der Waals surface area contributed by atoms with Crippen LogP contribution in [0.5, 0.6) is 0 Å². The number of furan rings is 1. The number of nitrogens with zero attached hydrogens (tertiary/aromatic N) is 1. The molecule has 4 aromatic heterocycles. The molecule has 2 aromatic carbocycles. The summed E-state index contributed by atoms with van der Waals surface area (Å²) in [4.78, 5) is 26.9. The number of aromatic nitrogens is 1. The van der Waals surface area contributed by atoms with Gasteiger partial charge in [0.15, 0.2) is 0 Å². The zero-order valence-electron chi connectivity index (χ0n) is 20.9. The lowest BCUT2D eigenvalue weighted by Gasteiger charge is -2.14. The Morgan fingerprint density at radius 1 is 1.05 bits per heavy atom. The standard InChI is InChI=1S/C29H22N2O5S3/c1-15-27(30-29(34)36-16(2)17-6-4-3-5-7-17)28(39-31-15)25-13-24-23(38-25)12-22(37-24)18-8-9-21-20(10-18)19(14-35-21)11-26(32)33/h3-10,12-14,16H,11H2,1-2H3,(H,30,34)(H,32,33). The van der Waals surface area contributed by atoms with Crippen molar-refractivity contribution in [3.8, 4) is 20.2 Å². The van der Waals surface area contributed by atoms with Gasteiger partial charge in [-0.2, -0.15) is 4.37 Å². The van der Waals surface area contributed by atoms with Crippen LogP contribution in [-0.2, 0) is 16.0 Å². The number of hydrogen-bond acceptors (Lipinski definition) is 8. The van der Waals surface area contributed by atoms with Gasteiger partial charge >= 0.3 is 12.1 Å². The highest BCUT2D eigenvalue weighted by Crippen LogP contribution is 2.46. The molecule has 2 N–H and O–H groups in total. The van der Waals surface area contributed by atoms with E-state index in [0.29, 0.717) is 16.8 Å². The summed E-state index contributed by atoms with van der Waals surface area (Å²) in [6.07, 6.45) is 0.535. The Kier molecular flexibility index (Phi) is 6.68. The van der Waals surface area contributed by atoms with Gasteiger partial charge in [0.1, 0.15) is 11.7 Å². The predicted molar refractivity (Wildman–Crippen MR) is 157 cm³/mol. The molecule has 7 nitrogen and oxygen atoms in total. The van der Waals surface area contributed by atoms with Gasteiger partial charge in [-0.15, -0.1) is 22.7 Å². The van der Waals surface area contributed by atoms with Gasteiger partial charge in [0.25, 0.3) is 0 Å². The average molecular weight is 575 g/mol. The molecule has 0 fully saturated rings. The molecule has 196 valence electrons. The number of carbonyl (C=O) groups is 2. The first-order valence-corrected chi connectivity index (χ1v) is 14.5. The lowest BCUT2D eigenvalue weighted by molar-refractivity contribution is -0.136. The minimum Gasteiger partial charge on any atom is -0.481 e. The predicted octanol–water partition coefficient (Wildman–Crippen LogP) is 8.74.